The average molecular weight is 261 g/mol. The molecule has 0 unspecified atom stereocenters. The van der Waals surface area contributed by atoms with E-state index in [2.05, 4.69) is 22.9 Å². The van der Waals surface area contributed by atoms with Crippen LogP contribution in [0.1, 0.15) is 18.4 Å². The largest absolute Gasteiger partial charge is 0.213 e. The third kappa shape index (κ3) is 2.02. The van der Waals surface area contributed by atoms with Crippen LogP contribution in [0.3, 0.4) is 0 Å². The molecule has 0 aromatic heterocycles. The highest BCUT2D eigenvalue weighted by molar-refractivity contribution is 7.88. The molecule has 0 bridgehead atoms. The van der Waals surface area contributed by atoms with Crippen molar-refractivity contribution in [1.82, 2.24) is 4.72 Å². The first-order valence-electron chi connectivity index (χ1n) is 5.97. The van der Waals surface area contributed by atoms with Crippen LogP contribution in [0.15, 0.2) is 42.5 Å². The molecule has 1 N–H and O–H groups in total. The minimum absolute atomic E-state index is 0.381. The van der Waals surface area contributed by atoms with Gasteiger partial charge in [0.2, 0.25) is 10.0 Å². The molecule has 4 heteroatoms. The van der Waals surface area contributed by atoms with Gasteiger partial charge in [-0.05, 0) is 29.2 Å². The summed E-state index contributed by atoms with van der Waals surface area (Å²) in [7, 11) is -3.19. The van der Waals surface area contributed by atoms with Crippen LogP contribution >= 0.6 is 0 Å². The maximum atomic E-state index is 11.5. The van der Waals surface area contributed by atoms with Crippen molar-refractivity contribution < 1.29 is 8.42 Å². The highest BCUT2D eigenvalue weighted by Gasteiger charge is 2.47. The van der Waals surface area contributed by atoms with Crippen molar-refractivity contribution in [2.24, 2.45) is 0 Å². The molecule has 2 aromatic carbocycles. The van der Waals surface area contributed by atoms with Crippen LogP contribution in [0.2, 0.25) is 0 Å². The fourth-order valence-electron chi connectivity index (χ4n) is 2.55. The number of nitrogens with one attached hydrogen (secondary N) is 1. The van der Waals surface area contributed by atoms with E-state index in [9.17, 15) is 8.42 Å². The standard InChI is InChI=1S/C14H15NO2S/c1-18(16,17)15-14(9-10-14)13-8-4-6-11-5-2-3-7-12(11)13/h2-8,15H,9-10H2,1H3. The van der Waals surface area contributed by atoms with Crippen LogP contribution in [-0.2, 0) is 15.6 Å². The summed E-state index contributed by atoms with van der Waals surface area (Å²) >= 11 is 0. The van der Waals surface area contributed by atoms with E-state index in [1.54, 1.807) is 0 Å². The van der Waals surface area contributed by atoms with Crippen molar-refractivity contribution in [2.75, 3.05) is 6.26 Å². The molecule has 18 heavy (non-hydrogen) atoms. The zero-order valence-corrected chi connectivity index (χ0v) is 11.0. The lowest BCUT2D eigenvalue weighted by atomic mass is 9.98. The monoisotopic (exact) mass is 261 g/mol. The SMILES string of the molecule is CS(=O)(=O)NC1(c2cccc3ccccc23)CC1. The highest BCUT2D eigenvalue weighted by Crippen LogP contribution is 2.48. The van der Waals surface area contributed by atoms with Gasteiger partial charge in [0.25, 0.3) is 0 Å². The molecule has 94 valence electrons. The second kappa shape index (κ2) is 3.80. The lowest BCUT2D eigenvalue weighted by Crippen LogP contribution is -2.34. The quantitative estimate of drug-likeness (QED) is 0.922. The first-order chi connectivity index (χ1) is 8.50. The Kier molecular flexibility index (Phi) is 2.47. The maximum Gasteiger partial charge on any atom is 0.209 e. The van der Waals surface area contributed by atoms with E-state index in [0.29, 0.717) is 0 Å². The molecule has 0 amide bonds. The fraction of sp³-hybridized carbons (Fsp3) is 0.286. The van der Waals surface area contributed by atoms with Gasteiger partial charge in [-0.15, -0.1) is 0 Å². The molecule has 0 heterocycles. The van der Waals surface area contributed by atoms with Gasteiger partial charge in [-0.25, -0.2) is 13.1 Å². The van der Waals surface area contributed by atoms with Gasteiger partial charge >= 0.3 is 0 Å². The Morgan fingerprint density at radius 3 is 2.39 bits per heavy atom. The van der Waals surface area contributed by atoms with E-state index < -0.39 is 10.0 Å². The Hall–Kier alpha value is -1.39. The van der Waals surface area contributed by atoms with Gasteiger partial charge in [-0.3, -0.25) is 0 Å². The average Bonchev–Trinajstić information content (AvgIpc) is 3.07. The lowest BCUT2D eigenvalue weighted by molar-refractivity contribution is 0.559. The summed E-state index contributed by atoms with van der Waals surface area (Å²) in [5.74, 6) is 0. The molecular formula is C14H15NO2S. The molecule has 1 saturated carbocycles. The number of benzene rings is 2. The summed E-state index contributed by atoms with van der Waals surface area (Å²) < 4.78 is 25.8. The normalized spacial score (nSPS) is 17.8. The summed E-state index contributed by atoms with van der Waals surface area (Å²) in [4.78, 5) is 0. The molecule has 0 saturated heterocycles. The van der Waals surface area contributed by atoms with Gasteiger partial charge in [0.15, 0.2) is 0 Å². The number of hydrogen-bond donors (Lipinski definition) is 1. The van der Waals surface area contributed by atoms with Gasteiger partial charge in [-0.1, -0.05) is 42.5 Å². The lowest BCUT2D eigenvalue weighted by Gasteiger charge is -2.18. The molecule has 0 aliphatic heterocycles. The number of fused-ring (bicyclic) bond motifs is 1. The zero-order valence-electron chi connectivity index (χ0n) is 10.2. The fourth-order valence-corrected chi connectivity index (χ4v) is 3.57. The van der Waals surface area contributed by atoms with Crippen molar-refractivity contribution in [3.8, 4) is 0 Å². The molecule has 0 spiro atoms. The van der Waals surface area contributed by atoms with E-state index in [-0.39, 0.29) is 5.54 Å². The summed E-state index contributed by atoms with van der Waals surface area (Å²) in [6, 6.07) is 14.1. The molecular weight excluding hydrogens is 246 g/mol. The molecule has 1 aliphatic rings. The van der Waals surface area contributed by atoms with Crippen molar-refractivity contribution in [3.63, 3.8) is 0 Å². The summed E-state index contributed by atoms with van der Waals surface area (Å²) in [5.41, 5.74) is 0.708. The summed E-state index contributed by atoms with van der Waals surface area (Å²) in [5, 5.41) is 2.28. The summed E-state index contributed by atoms with van der Waals surface area (Å²) in [6.45, 7) is 0. The second-order valence-electron chi connectivity index (χ2n) is 4.98. The Labute approximate surface area is 107 Å². The first kappa shape index (κ1) is 11.7. The Bertz CT molecular complexity index is 697. The minimum Gasteiger partial charge on any atom is -0.213 e. The van der Waals surface area contributed by atoms with E-state index in [1.807, 2.05) is 24.3 Å². The van der Waals surface area contributed by atoms with E-state index in [1.165, 1.54) is 6.26 Å². The van der Waals surface area contributed by atoms with Gasteiger partial charge in [0.05, 0.1) is 11.8 Å². The molecule has 1 aliphatic carbocycles. The topological polar surface area (TPSA) is 46.2 Å². The van der Waals surface area contributed by atoms with Crippen molar-refractivity contribution in [1.29, 1.82) is 0 Å². The smallest absolute Gasteiger partial charge is 0.209 e. The number of hydrogen-bond acceptors (Lipinski definition) is 2. The molecule has 0 radical (unpaired) electrons. The maximum absolute atomic E-state index is 11.5. The van der Waals surface area contributed by atoms with Crippen molar-refractivity contribution >= 4 is 20.8 Å². The molecule has 1 fully saturated rings. The minimum atomic E-state index is -3.19. The van der Waals surface area contributed by atoms with Crippen LogP contribution in [0.5, 0.6) is 0 Å². The highest BCUT2D eigenvalue weighted by atomic mass is 32.2. The molecule has 3 nitrogen and oxygen atoms in total. The van der Waals surface area contributed by atoms with E-state index >= 15 is 0 Å². The second-order valence-corrected chi connectivity index (χ2v) is 6.73. The predicted octanol–water partition coefficient (Wildman–Crippen LogP) is 2.38. The third-order valence-corrected chi connectivity index (χ3v) is 4.20. The van der Waals surface area contributed by atoms with Crippen LogP contribution in [0.25, 0.3) is 10.8 Å². The van der Waals surface area contributed by atoms with Crippen molar-refractivity contribution in [3.05, 3.63) is 48.0 Å². The van der Waals surface area contributed by atoms with Crippen LogP contribution in [0, 0.1) is 0 Å². The van der Waals surface area contributed by atoms with Crippen molar-refractivity contribution in [2.45, 2.75) is 18.4 Å². The number of sulfonamides is 1. The predicted molar refractivity (Wildman–Crippen MR) is 72.8 cm³/mol. The Morgan fingerprint density at radius 1 is 1.06 bits per heavy atom. The van der Waals surface area contributed by atoms with Gasteiger partial charge in [0.1, 0.15) is 0 Å². The molecule has 2 aromatic rings. The van der Waals surface area contributed by atoms with Crippen LogP contribution in [0.4, 0.5) is 0 Å². The van der Waals surface area contributed by atoms with Crippen LogP contribution < -0.4 is 4.72 Å². The Morgan fingerprint density at radius 2 is 1.72 bits per heavy atom. The van der Waals surface area contributed by atoms with E-state index in [4.69, 9.17) is 0 Å². The first-order valence-corrected chi connectivity index (χ1v) is 7.87. The van der Waals surface area contributed by atoms with Gasteiger partial charge in [-0.2, -0.15) is 0 Å². The zero-order chi connectivity index (χ0) is 12.8. The van der Waals surface area contributed by atoms with Gasteiger partial charge in [0, 0.05) is 0 Å². The number of rotatable bonds is 3. The van der Waals surface area contributed by atoms with E-state index in [0.717, 1.165) is 29.2 Å². The van der Waals surface area contributed by atoms with Gasteiger partial charge < -0.3 is 0 Å². The Balaban J connectivity index is 2.15. The van der Waals surface area contributed by atoms with Crippen LogP contribution in [-0.4, -0.2) is 14.7 Å². The third-order valence-electron chi connectivity index (χ3n) is 3.44. The molecule has 0 atom stereocenters. The molecule has 3 rings (SSSR count). The summed E-state index contributed by atoms with van der Waals surface area (Å²) in [6.07, 6.45) is 2.96.